The highest BCUT2D eigenvalue weighted by molar-refractivity contribution is 5.32. The Labute approximate surface area is 135 Å². The summed E-state index contributed by atoms with van der Waals surface area (Å²) in [6.07, 6.45) is 11.7. The molecule has 1 fully saturated rings. The minimum Gasteiger partial charge on any atom is -0.338 e. The van der Waals surface area contributed by atoms with Gasteiger partial charge in [-0.15, -0.1) is 0 Å². The number of anilines is 1. The Balaban J connectivity index is 2.07. The van der Waals surface area contributed by atoms with Gasteiger partial charge in [-0.3, -0.25) is 0 Å². The summed E-state index contributed by atoms with van der Waals surface area (Å²) in [5.41, 5.74) is 1.54. The third-order valence-electron chi connectivity index (χ3n) is 4.87. The second kappa shape index (κ2) is 8.47. The summed E-state index contributed by atoms with van der Waals surface area (Å²) >= 11 is 0. The van der Waals surface area contributed by atoms with Crippen LogP contribution in [-0.4, -0.2) is 36.1 Å². The van der Waals surface area contributed by atoms with Gasteiger partial charge >= 0.3 is 0 Å². The quantitative estimate of drug-likeness (QED) is 0.746. The molecule has 4 nitrogen and oxygen atoms in total. The molecule has 22 heavy (non-hydrogen) atoms. The van der Waals surface area contributed by atoms with E-state index in [9.17, 15) is 0 Å². The van der Waals surface area contributed by atoms with E-state index >= 15 is 0 Å². The van der Waals surface area contributed by atoms with Crippen molar-refractivity contribution in [3.05, 3.63) is 18.0 Å². The number of hydrogen-bond acceptors (Lipinski definition) is 4. The fourth-order valence-electron chi connectivity index (χ4n) is 3.39. The molecule has 0 radical (unpaired) electrons. The first kappa shape index (κ1) is 17.2. The molecule has 1 atom stereocenters. The molecule has 1 aromatic heterocycles. The van der Waals surface area contributed by atoms with Gasteiger partial charge in [0.2, 0.25) is 5.95 Å². The van der Waals surface area contributed by atoms with Crippen molar-refractivity contribution in [2.75, 3.05) is 31.1 Å². The van der Waals surface area contributed by atoms with Crippen LogP contribution in [0.3, 0.4) is 0 Å². The van der Waals surface area contributed by atoms with Crippen molar-refractivity contribution in [2.45, 2.75) is 64.7 Å². The average Bonchev–Trinajstić information content (AvgIpc) is 2.56. The second-order valence-electron chi connectivity index (χ2n) is 6.78. The third-order valence-corrected chi connectivity index (χ3v) is 4.87. The van der Waals surface area contributed by atoms with Gasteiger partial charge in [-0.2, -0.15) is 0 Å². The Morgan fingerprint density at radius 2 is 1.73 bits per heavy atom. The minimum absolute atomic E-state index is 0.228. The van der Waals surface area contributed by atoms with Crippen LogP contribution in [0.1, 0.15) is 64.9 Å². The molecule has 2 rings (SSSR count). The van der Waals surface area contributed by atoms with Crippen LogP contribution in [-0.2, 0) is 5.41 Å². The van der Waals surface area contributed by atoms with Crippen LogP contribution >= 0.6 is 0 Å². The largest absolute Gasteiger partial charge is 0.338 e. The van der Waals surface area contributed by atoms with Crippen molar-refractivity contribution >= 4 is 5.95 Å². The van der Waals surface area contributed by atoms with Crippen molar-refractivity contribution in [3.8, 4) is 0 Å². The summed E-state index contributed by atoms with van der Waals surface area (Å²) in [5.74, 6) is 0.887. The van der Waals surface area contributed by atoms with Gasteiger partial charge in [-0.25, -0.2) is 9.97 Å². The lowest BCUT2D eigenvalue weighted by Gasteiger charge is -2.31. The smallest absolute Gasteiger partial charge is 0.225 e. The molecule has 1 N–H and O–H groups in total. The van der Waals surface area contributed by atoms with E-state index in [1.165, 1.54) is 44.1 Å². The van der Waals surface area contributed by atoms with Gasteiger partial charge in [-0.1, -0.05) is 46.5 Å². The van der Waals surface area contributed by atoms with Crippen LogP contribution in [0.4, 0.5) is 5.95 Å². The molecular formula is C18H32N4. The van der Waals surface area contributed by atoms with E-state index in [0.717, 1.165) is 32.1 Å². The predicted molar refractivity (Wildman–Crippen MR) is 93.5 cm³/mol. The fraction of sp³-hybridized carbons (Fsp3) is 0.778. The van der Waals surface area contributed by atoms with E-state index in [-0.39, 0.29) is 5.41 Å². The number of piperazine rings is 1. The second-order valence-corrected chi connectivity index (χ2v) is 6.78. The Bertz CT molecular complexity index is 425. The third kappa shape index (κ3) is 4.42. The summed E-state index contributed by atoms with van der Waals surface area (Å²) in [5, 5.41) is 3.37. The molecule has 0 spiro atoms. The maximum absolute atomic E-state index is 4.67. The van der Waals surface area contributed by atoms with Crippen molar-refractivity contribution < 1.29 is 0 Å². The van der Waals surface area contributed by atoms with Gasteiger partial charge in [0.1, 0.15) is 0 Å². The molecule has 1 aliphatic rings. The number of rotatable bonds is 8. The standard InChI is InChI=1S/C18H32N4/c1-4-6-7-9-18(3,8-5-2)16-14-20-17(21-15-16)22-12-10-19-11-13-22/h14-15,19H,4-13H2,1-3H3. The highest BCUT2D eigenvalue weighted by Crippen LogP contribution is 2.34. The average molecular weight is 304 g/mol. The van der Waals surface area contributed by atoms with E-state index in [1.807, 2.05) is 0 Å². The molecular weight excluding hydrogens is 272 g/mol. The van der Waals surface area contributed by atoms with Crippen molar-refractivity contribution in [1.29, 1.82) is 0 Å². The maximum atomic E-state index is 4.67. The highest BCUT2D eigenvalue weighted by Gasteiger charge is 2.26. The van der Waals surface area contributed by atoms with Gasteiger partial charge in [0.25, 0.3) is 0 Å². The number of nitrogens with zero attached hydrogens (tertiary/aromatic N) is 3. The molecule has 0 bridgehead atoms. The van der Waals surface area contributed by atoms with Crippen LogP contribution in [0.2, 0.25) is 0 Å². The molecule has 1 aromatic rings. The zero-order valence-corrected chi connectivity index (χ0v) is 14.6. The summed E-state index contributed by atoms with van der Waals surface area (Å²) in [4.78, 5) is 11.6. The monoisotopic (exact) mass is 304 g/mol. The lowest BCUT2D eigenvalue weighted by molar-refractivity contribution is 0.376. The van der Waals surface area contributed by atoms with Crippen molar-refractivity contribution in [2.24, 2.45) is 0 Å². The Hall–Kier alpha value is -1.16. The summed E-state index contributed by atoms with van der Waals surface area (Å²) < 4.78 is 0. The molecule has 4 heteroatoms. The SMILES string of the molecule is CCCCCC(C)(CCC)c1cnc(N2CCNCC2)nc1. The minimum atomic E-state index is 0.228. The highest BCUT2D eigenvalue weighted by atomic mass is 15.3. The molecule has 124 valence electrons. The first-order valence-corrected chi connectivity index (χ1v) is 8.98. The number of unbranched alkanes of at least 4 members (excludes halogenated alkanes) is 2. The zero-order chi connectivity index (χ0) is 15.8. The van der Waals surface area contributed by atoms with Crippen molar-refractivity contribution in [3.63, 3.8) is 0 Å². The molecule has 0 amide bonds. The van der Waals surface area contributed by atoms with E-state index in [1.54, 1.807) is 0 Å². The zero-order valence-electron chi connectivity index (χ0n) is 14.6. The summed E-state index contributed by atoms with van der Waals surface area (Å²) in [7, 11) is 0. The number of aromatic nitrogens is 2. The lowest BCUT2D eigenvalue weighted by atomic mass is 9.76. The van der Waals surface area contributed by atoms with E-state index in [4.69, 9.17) is 0 Å². The van der Waals surface area contributed by atoms with E-state index in [0.29, 0.717) is 0 Å². The van der Waals surface area contributed by atoms with Crippen LogP contribution in [0, 0.1) is 0 Å². The van der Waals surface area contributed by atoms with Gasteiger partial charge in [0, 0.05) is 38.6 Å². The maximum Gasteiger partial charge on any atom is 0.225 e. The van der Waals surface area contributed by atoms with E-state index < -0.39 is 0 Å². The summed E-state index contributed by atoms with van der Waals surface area (Å²) in [6.45, 7) is 11.0. The molecule has 1 aliphatic heterocycles. The van der Waals surface area contributed by atoms with Crippen LogP contribution in [0.5, 0.6) is 0 Å². The molecule has 0 saturated carbocycles. The van der Waals surface area contributed by atoms with Crippen LogP contribution in [0.25, 0.3) is 0 Å². The predicted octanol–water partition coefficient (Wildman–Crippen LogP) is 3.52. The van der Waals surface area contributed by atoms with Gasteiger partial charge < -0.3 is 10.2 Å². The normalized spacial score (nSPS) is 18.2. The number of nitrogens with one attached hydrogen (secondary N) is 1. The van der Waals surface area contributed by atoms with E-state index in [2.05, 4.69) is 53.3 Å². The molecule has 1 unspecified atom stereocenters. The molecule has 0 aromatic carbocycles. The Kier molecular flexibility index (Phi) is 6.62. The van der Waals surface area contributed by atoms with Gasteiger partial charge in [0.05, 0.1) is 0 Å². The Morgan fingerprint density at radius 3 is 2.32 bits per heavy atom. The molecule has 0 aliphatic carbocycles. The number of hydrogen-bond donors (Lipinski definition) is 1. The first-order valence-electron chi connectivity index (χ1n) is 8.98. The molecule has 1 saturated heterocycles. The Morgan fingerprint density at radius 1 is 1.05 bits per heavy atom. The van der Waals surface area contributed by atoms with Crippen LogP contribution in [0.15, 0.2) is 12.4 Å². The van der Waals surface area contributed by atoms with Gasteiger partial charge in [-0.05, 0) is 23.8 Å². The van der Waals surface area contributed by atoms with Gasteiger partial charge in [0.15, 0.2) is 0 Å². The lowest BCUT2D eigenvalue weighted by Crippen LogP contribution is -2.44. The van der Waals surface area contributed by atoms with Crippen LogP contribution < -0.4 is 10.2 Å². The fourth-order valence-corrected chi connectivity index (χ4v) is 3.39. The molecule has 2 heterocycles. The topological polar surface area (TPSA) is 41.1 Å². The van der Waals surface area contributed by atoms with Crippen molar-refractivity contribution in [1.82, 2.24) is 15.3 Å². The summed E-state index contributed by atoms with van der Waals surface area (Å²) in [6, 6.07) is 0. The first-order chi connectivity index (χ1) is 10.7.